The summed E-state index contributed by atoms with van der Waals surface area (Å²) >= 11 is 6.42. The van der Waals surface area contributed by atoms with Crippen LogP contribution in [0.3, 0.4) is 0 Å². The van der Waals surface area contributed by atoms with Crippen molar-refractivity contribution in [1.29, 1.82) is 0 Å². The van der Waals surface area contributed by atoms with Gasteiger partial charge in [-0.2, -0.15) is 0 Å². The molecule has 1 amide bonds. The highest BCUT2D eigenvalue weighted by Gasteiger charge is 2.13. The van der Waals surface area contributed by atoms with Crippen LogP contribution in [0.25, 0.3) is 0 Å². The topological polar surface area (TPSA) is 46.1 Å². The number of allylic oxidation sites excluding steroid dienone is 2. The van der Waals surface area contributed by atoms with Crippen molar-refractivity contribution in [3.63, 3.8) is 0 Å². The summed E-state index contributed by atoms with van der Waals surface area (Å²) in [5.41, 5.74) is 7.21. The van der Waals surface area contributed by atoms with Gasteiger partial charge in [-0.25, -0.2) is 0 Å². The van der Waals surface area contributed by atoms with Crippen molar-refractivity contribution in [3.8, 4) is 0 Å². The van der Waals surface area contributed by atoms with E-state index in [1.165, 1.54) is 11.3 Å². The minimum atomic E-state index is -0.157. The van der Waals surface area contributed by atoms with Crippen LogP contribution in [0.4, 0.5) is 0 Å². The van der Waals surface area contributed by atoms with Crippen molar-refractivity contribution in [2.45, 2.75) is 20.8 Å². The van der Waals surface area contributed by atoms with Crippen LogP contribution in [0.5, 0.6) is 0 Å². The predicted molar refractivity (Wildman–Crippen MR) is 68.9 cm³/mol. The van der Waals surface area contributed by atoms with E-state index in [1.54, 1.807) is 0 Å². The lowest BCUT2D eigenvalue weighted by atomic mass is 10.4. The van der Waals surface area contributed by atoms with Crippen LogP contribution in [0.15, 0.2) is 11.8 Å². The third-order valence-electron chi connectivity index (χ3n) is 2.31. The van der Waals surface area contributed by atoms with Gasteiger partial charge in [0.15, 0.2) is 3.95 Å². The van der Waals surface area contributed by atoms with Gasteiger partial charge in [-0.15, -0.1) is 0 Å². The molecule has 1 rings (SSSR count). The Morgan fingerprint density at radius 2 is 2.12 bits per heavy atom. The summed E-state index contributed by atoms with van der Waals surface area (Å²) < 4.78 is 2.53. The maximum absolute atomic E-state index is 11.8. The number of rotatable bonds is 3. The average molecular weight is 257 g/mol. The number of nitrogens with one attached hydrogen (secondary N) is 2. The van der Waals surface area contributed by atoms with Gasteiger partial charge >= 0.3 is 0 Å². The zero-order chi connectivity index (χ0) is 12.3. The van der Waals surface area contributed by atoms with Gasteiger partial charge in [0.2, 0.25) is 0 Å². The Bertz CT molecular complexity index is 485. The number of amides is 1. The molecule has 0 aliphatic carbocycles. The molecule has 16 heavy (non-hydrogen) atoms. The van der Waals surface area contributed by atoms with Crippen molar-refractivity contribution >= 4 is 29.5 Å². The number of carbonyl (C=O) groups excluding carboxylic acids is 1. The molecule has 2 N–H and O–H groups in total. The molecule has 4 nitrogen and oxygen atoms in total. The van der Waals surface area contributed by atoms with Gasteiger partial charge in [-0.1, -0.05) is 17.4 Å². The monoisotopic (exact) mass is 257 g/mol. The highest BCUT2D eigenvalue weighted by Crippen LogP contribution is 2.17. The molecule has 6 heteroatoms. The first-order valence-electron chi connectivity index (χ1n) is 4.83. The van der Waals surface area contributed by atoms with Crippen LogP contribution in [0, 0.1) is 10.9 Å². The second-order valence-electron chi connectivity index (χ2n) is 3.39. The SMILES string of the molecule is CC=C(C)NNC(=O)c1sc(=S)n(C)c1C. The van der Waals surface area contributed by atoms with Crippen molar-refractivity contribution in [3.05, 3.63) is 26.3 Å². The van der Waals surface area contributed by atoms with E-state index in [1.807, 2.05) is 38.5 Å². The number of aromatic nitrogens is 1. The molecule has 0 unspecified atom stereocenters. The fourth-order valence-electron chi connectivity index (χ4n) is 1.01. The minimum absolute atomic E-state index is 0.157. The first-order chi connectivity index (χ1) is 7.47. The molecular formula is C10H15N3OS2. The summed E-state index contributed by atoms with van der Waals surface area (Å²) in [6, 6.07) is 0. The minimum Gasteiger partial charge on any atom is -0.330 e. The molecule has 1 aromatic rings. The van der Waals surface area contributed by atoms with E-state index in [-0.39, 0.29) is 5.91 Å². The largest absolute Gasteiger partial charge is 0.330 e. The second kappa shape index (κ2) is 5.27. The van der Waals surface area contributed by atoms with E-state index in [4.69, 9.17) is 12.2 Å². The molecule has 88 valence electrons. The maximum Gasteiger partial charge on any atom is 0.281 e. The van der Waals surface area contributed by atoms with E-state index in [2.05, 4.69) is 10.9 Å². The lowest BCUT2D eigenvalue weighted by molar-refractivity contribution is 0.0942. The summed E-state index contributed by atoms with van der Waals surface area (Å²) in [5, 5.41) is 0. The summed E-state index contributed by atoms with van der Waals surface area (Å²) in [5.74, 6) is -0.157. The van der Waals surface area contributed by atoms with Crippen molar-refractivity contribution in [2.24, 2.45) is 7.05 Å². The molecule has 0 aromatic carbocycles. The normalized spacial score (nSPS) is 11.4. The quantitative estimate of drug-likeness (QED) is 0.645. The number of hydrogen-bond acceptors (Lipinski definition) is 4. The molecule has 0 aliphatic heterocycles. The standard InChI is InChI=1S/C10H15N3OS2/c1-5-6(2)11-12-9(14)8-7(3)13(4)10(15)16-8/h5,11H,1-4H3,(H,12,14). The smallest absolute Gasteiger partial charge is 0.281 e. The molecule has 0 spiro atoms. The van der Waals surface area contributed by atoms with Crippen LogP contribution in [-0.4, -0.2) is 10.5 Å². The predicted octanol–water partition coefficient (Wildman–Crippen LogP) is 2.28. The first kappa shape index (κ1) is 12.9. The highest BCUT2D eigenvalue weighted by atomic mass is 32.1. The maximum atomic E-state index is 11.8. The van der Waals surface area contributed by atoms with Crippen LogP contribution in [0.1, 0.15) is 29.2 Å². The van der Waals surface area contributed by atoms with Gasteiger partial charge in [0.25, 0.3) is 5.91 Å². The lowest BCUT2D eigenvalue weighted by Gasteiger charge is -2.07. The molecule has 0 radical (unpaired) electrons. The molecule has 0 saturated heterocycles. The average Bonchev–Trinajstić information content (AvgIpc) is 2.53. The van der Waals surface area contributed by atoms with Crippen LogP contribution in [-0.2, 0) is 7.05 Å². The fraction of sp³-hybridized carbons (Fsp3) is 0.400. The number of hydrazine groups is 1. The Kier molecular flexibility index (Phi) is 4.26. The van der Waals surface area contributed by atoms with Gasteiger partial charge in [0, 0.05) is 18.4 Å². The Labute approximate surface area is 104 Å². The van der Waals surface area contributed by atoms with E-state index >= 15 is 0 Å². The summed E-state index contributed by atoms with van der Waals surface area (Å²) in [6.07, 6.45) is 1.88. The summed E-state index contributed by atoms with van der Waals surface area (Å²) in [4.78, 5) is 12.4. The van der Waals surface area contributed by atoms with Gasteiger partial charge in [0.05, 0.1) is 0 Å². The van der Waals surface area contributed by atoms with Crippen molar-refractivity contribution < 1.29 is 4.79 Å². The van der Waals surface area contributed by atoms with Crippen LogP contribution >= 0.6 is 23.6 Å². The van der Waals surface area contributed by atoms with Gasteiger partial charge in [-0.05, 0) is 33.0 Å². The Morgan fingerprint density at radius 3 is 2.56 bits per heavy atom. The molecular weight excluding hydrogens is 242 g/mol. The lowest BCUT2D eigenvalue weighted by Crippen LogP contribution is -2.35. The Balaban J connectivity index is 2.82. The van der Waals surface area contributed by atoms with Crippen molar-refractivity contribution in [2.75, 3.05) is 0 Å². The first-order valence-corrected chi connectivity index (χ1v) is 6.05. The zero-order valence-electron chi connectivity index (χ0n) is 9.75. The number of nitrogens with zero attached hydrogens (tertiary/aromatic N) is 1. The van der Waals surface area contributed by atoms with Gasteiger partial charge in [-0.3, -0.25) is 10.2 Å². The zero-order valence-corrected chi connectivity index (χ0v) is 11.4. The molecule has 0 saturated carbocycles. The van der Waals surface area contributed by atoms with Crippen LogP contribution < -0.4 is 10.9 Å². The highest BCUT2D eigenvalue weighted by molar-refractivity contribution is 7.73. The number of thiazole rings is 1. The fourth-order valence-corrected chi connectivity index (χ4v) is 2.28. The number of hydrogen-bond donors (Lipinski definition) is 2. The van der Waals surface area contributed by atoms with Gasteiger partial charge in [0.1, 0.15) is 4.88 Å². The molecule has 0 atom stereocenters. The van der Waals surface area contributed by atoms with E-state index in [0.717, 1.165) is 11.4 Å². The summed E-state index contributed by atoms with van der Waals surface area (Å²) in [6.45, 7) is 5.65. The second-order valence-corrected chi connectivity index (χ2v) is 5.04. The molecule has 1 heterocycles. The summed E-state index contributed by atoms with van der Waals surface area (Å²) in [7, 11) is 1.86. The number of carbonyl (C=O) groups is 1. The molecule has 0 aliphatic rings. The Morgan fingerprint density at radius 1 is 1.50 bits per heavy atom. The Hall–Kier alpha value is -1.14. The van der Waals surface area contributed by atoms with E-state index in [9.17, 15) is 4.79 Å². The van der Waals surface area contributed by atoms with Gasteiger partial charge < -0.3 is 9.99 Å². The van der Waals surface area contributed by atoms with E-state index in [0.29, 0.717) is 8.83 Å². The van der Waals surface area contributed by atoms with Crippen molar-refractivity contribution in [1.82, 2.24) is 15.4 Å². The molecule has 0 bridgehead atoms. The molecule has 1 aromatic heterocycles. The van der Waals surface area contributed by atoms with E-state index < -0.39 is 0 Å². The third kappa shape index (κ3) is 2.70. The molecule has 0 fully saturated rings. The third-order valence-corrected chi connectivity index (χ3v) is 3.96. The van der Waals surface area contributed by atoms with Crippen LogP contribution in [0.2, 0.25) is 0 Å².